The van der Waals surface area contributed by atoms with Crippen LogP contribution in [0.25, 0.3) is 16.5 Å². The summed E-state index contributed by atoms with van der Waals surface area (Å²) in [6.45, 7) is 17.2. The third kappa shape index (κ3) is 3.63. The van der Waals surface area contributed by atoms with Gasteiger partial charge in [-0.3, -0.25) is 9.69 Å². The minimum atomic E-state index is -0.0660. The van der Waals surface area contributed by atoms with Crippen LogP contribution in [0.3, 0.4) is 0 Å². The lowest BCUT2D eigenvalue weighted by molar-refractivity contribution is -0.141. The fraction of sp³-hybridized carbons (Fsp3) is 0.536. The van der Waals surface area contributed by atoms with E-state index in [1.54, 1.807) is 0 Å². The fourth-order valence-electron chi connectivity index (χ4n) is 5.62. The van der Waals surface area contributed by atoms with E-state index in [4.69, 9.17) is 0 Å². The summed E-state index contributed by atoms with van der Waals surface area (Å²) in [5.74, 6) is 0.757. The Hall–Kier alpha value is -2.33. The standard InChI is InChI=1S/C26H33N3O.C2H6/c1-5-10-28-15-19(26(30)29-11-9-17(29)4)12-22-21-8-7-20(16(3)6-2)25-24(21)18(14-27-25)13-23(22)28;1-2/h5,7-8,12,14,16-17,19,23,27H,1,6,9-11,13,15H2,2-4H3;1-2H3. The van der Waals surface area contributed by atoms with Crippen molar-refractivity contribution in [3.05, 3.63) is 53.8 Å². The van der Waals surface area contributed by atoms with Crippen LogP contribution in [0, 0.1) is 5.92 Å². The van der Waals surface area contributed by atoms with Crippen LogP contribution in [-0.4, -0.2) is 52.4 Å². The average molecular weight is 434 g/mol. The molecule has 1 saturated heterocycles. The van der Waals surface area contributed by atoms with Gasteiger partial charge >= 0.3 is 0 Å². The van der Waals surface area contributed by atoms with E-state index in [0.29, 0.717) is 23.9 Å². The second-order valence-corrected chi connectivity index (χ2v) is 9.44. The van der Waals surface area contributed by atoms with Gasteiger partial charge in [0.05, 0.1) is 5.92 Å². The van der Waals surface area contributed by atoms with E-state index in [-0.39, 0.29) is 5.92 Å². The number of carbonyl (C=O) groups excluding carboxylic acids is 1. The van der Waals surface area contributed by atoms with Crippen molar-refractivity contribution < 1.29 is 4.79 Å². The first-order valence-electron chi connectivity index (χ1n) is 12.5. The zero-order valence-corrected chi connectivity index (χ0v) is 20.4. The number of nitrogens with one attached hydrogen (secondary N) is 1. The number of amides is 1. The molecule has 1 N–H and O–H groups in total. The molecule has 1 aliphatic carbocycles. The Labute approximate surface area is 193 Å². The molecule has 0 bridgehead atoms. The molecule has 1 fully saturated rings. The number of nitrogens with zero attached hydrogens (tertiary/aromatic N) is 2. The summed E-state index contributed by atoms with van der Waals surface area (Å²) < 4.78 is 0. The van der Waals surface area contributed by atoms with E-state index in [2.05, 4.69) is 66.5 Å². The maximum atomic E-state index is 13.3. The molecular weight excluding hydrogens is 394 g/mol. The number of rotatable bonds is 5. The molecule has 4 unspecified atom stereocenters. The SMILES string of the molecule is C=CCN1CC(C(=O)N2CCC2C)C=C2c3ccc(C(C)CC)c4[nH]cc(c34)CC21.CC. The Morgan fingerprint density at radius 3 is 2.75 bits per heavy atom. The molecular formula is C28H39N3O. The molecule has 0 saturated carbocycles. The second kappa shape index (κ2) is 9.27. The van der Waals surface area contributed by atoms with Gasteiger partial charge in [-0.2, -0.15) is 0 Å². The normalized spacial score (nSPS) is 25.2. The molecule has 5 rings (SSSR count). The third-order valence-electron chi connectivity index (χ3n) is 7.71. The molecule has 4 atom stereocenters. The van der Waals surface area contributed by atoms with Gasteiger partial charge in [-0.1, -0.05) is 52.0 Å². The zero-order chi connectivity index (χ0) is 23.0. The summed E-state index contributed by atoms with van der Waals surface area (Å²) >= 11 is 0. The fourth-order valence-corrected chi connectivity index (χ4v) is 5.62. The van der Waals surface area contributed by atoms with E-state index in [9.17, 15) is 4.79 Å². The number of carbonyl (C=O) groups is 1. The lowest BCUT2D eigenvalue weighted by Crippen LogP contribution is -2.55. The van der Waals surface area contributed by atoms with Gasteiger partial charge in [0, 0.05) is 48.8 Å². The summed E-state index contributed by atoms with van der Waals surface area (Å²) in [7, 11) is 0. The van der Waals surface area contributed by atoms with Crippen LogP contribution in [-0.2, 0) is 11.2 Å². The minimum Gasteiger partial charge on any atom is -0.361 e. The molecule has 3 aliphatic rings. The van der Waals surface area contributed by atoms with Crippen LogP contribution in [0.4, 0.5) is 0 Å². The van der Waals surface area contributed by atoms with Gasteiger partial charge in [-0.25, -0.2) is 0 Å². The van der Waals surface area contributed by atoms with Crippen molar-refractivity contribution in [3.63, 3.8) is 0 Å². The topological polar surface area (TPSA) is 39.3 Å². The van der Waals surface area contributed by atoms with Gasteiger partial charge in [0.1, 0.15) is 0 Å². The van der Waals surface area contributed by atoms with Crippen molar-refractivity contribution in [2.24, 2.45) is 5.92 Å². The number of aromatic amines is 1. The number of fused-ring (bicyclic) bond motifs is 2. The first-order valence-corrected chi connectivity index (χ1v) is 12.5. The number of aromatic nitrogens is 1. The molecule has 4 heteroatoms. The van der Waals surface area contributed by atoms with Crippen molar-refractivity contribution in [1.82, 2.24) is 14.8 Å². The second-order valence-electron chi connectivity index (χ2n) is 9.44. The highest BCUT2D eigenvalue weighted by molar-refractivity contribution is 6.01. The predicted octanol–water partition coefficient (Wildman–Crippen LogP) is 5.75. The van der Waals surface area contributed by atoms with Crippen LogP contribution >= 0.6 is 0 Å². The minimum absolute atomic E-state index is 0.0660. The van der Waals surface area contributed by atoms with Crippen LogP contribution in [0.5, 0.6) is 0 Å². The summed E-state index contributed by atoms with van der Waals surface area (Å²) in [5, 5.41) is 1.37. The lowest BCUT2D eigenvalue weighted by Gasteiger charge is -2.45. The van der Waals surface area contributed by atoms with E-state index >= 15 is 0 Å². The number of benzene rings is 1. The molecule has 2 aliphatic heterocycles. The van der Waals surface area contributed by atoms with Gasteiger partial charge in [0.25, 0.3) is 0 Å². The Bertz CT molecular complexity index is 1030. The average Bonchev–Trinajstić information content (AvgIpc) is 3.24. The quantitative estimate of drug-likeness (QED) is 0.610. The molecule has 1 aromatic heterocycles. The Morgan fingerprint density at radius 2 is 2.12 bits per heavy atom. The van der Waals surface area contributed by atoms with Gasteiger partial charge in [-0.15, -0.1) is 6.58 Å². The van der Waals surface area contributed by atoms with Crippen LogP contribution < -0.4 is 0 Å². The molecule has 4 nitrogen and oxygen atoms in total. The Morgan fingerprint density at radius 1 is 1.34 bits per heavy atom. The van der Waals surface area contributed by atoms with Crippen LogP contribution in [0.15, 0.2) is 37.1 Å². The Balaban J connectivity index is 0.00000119. The summed E-state index contributed by atoms with van der Waals surface area (Å²) in [5.41, 5.74) is 6.75. The monoisotopic (exact) mass is 433 g/mol. The van der Waals surface area contributed by atoms with Gasteiger partial charge in [0.2, 0.25) is 5.91 Å². The molecule has 1 amide bonds. The highest BCUT2D eigenvalue weighted by Crippen LogP contribution is 2.43. The van der Waals surface area contributed by atoms with E-state index in [1.165, 1.54) is 33.2 Å². The van der Waals surface area contributed by atoms with Gasteiger partial charge < -0.3 is 9.88 Å². The lowest BCUT2D eigenvalue weighted by atomic mass is 9.78. The summed E-state index contributed by atoms with van der Waals surface area (Å²) in [4.78, 5) is 21.4. The molecule has 0 spiro atoms. The van der Waals surface area contributed by atoms with E-state index < -0.39 is 0 Å². The zero-order valence-electron chi connectivity index (χ0n) is 20.4. The van der Waals surface area contributed by atoms with Crippen molar-refractivity contribution >= 4 is 22.4 Å². The summed E-state index contributed by atoms with van der Waals surface area (Å²) in [6.07, 6.45) is 9.74. The molecule has 172 valence electrons. The number of H-pyrrole nitrogens is 1. The molecule has 32 heavy (non-hydrogen) atoms. The highest BCUT2D eigenvalue weighted by Gasteiger charge is 2.40. The number of likely N-dealkylation sites (tertiary alicyclic amines) is 1. The maximum absolute atomic E-state index is 13.3. The van der Waals surface area contributed by atoms with Crippen molar-refractivity contribution in [2.75, 3.05) is 19.6 Å². The molecule has 3 heterocycles. The van der Waals surface area contributed by atoms with E-state index in [0.717, 1.165) is 38.9 Å². The number of hydrogen-bond donors (Lipinski definition) is 1. The van der Waals surface area contributed by atoms with Gasteiger partial charge in [0.15, 0.2) is 0 Å². The summed E-state index contributed by atoms with van der Waals surface area (Å²) in [6, 6.07) is 5.31. The van der Waals surface area contributed by atoms with Crippen LogP contribution in [0.1, 0.15) is 70.1 Å². The van der Waals surface area contributed by atoms with Crippen molar-refractivity contribution in [1.29, 1.82) is 0 Å². The maximum Gasteiger partial charge on any atom is 0.231 e. The smallest absolute Gasteiger partial charge is 0.231 e. The first kappa shape index (κ1) is 22.8. The van der Waals surface area contributed by atoms with Crippen molar-refractivity contribution in [2.45, 2.75) is 71.9 Å². The molecule has 1 aromatic carbocycles. The Kier molecular flexibility index (Phi) is 6.62. The molecule has 0 radical (unpaired) electrons. The molecule has 2 aromatic rings. The largest absolute Gasteiger partial charge is 0.361 e. The highest BCUT2D eigenvalue weighted by atomic mass is 16.2. The third-order valence-corrected chi connectivity index (χ3v) is 7.71. The predicted molar refractivity (Wildman–Crippen MR) is 135 cm³/mol. The van der Waals surface area contributed by atoms with Crippen molar-refractivity contribution in [3.8, 4) is 0 Å². The first-order chi connectivity index (χ1) is 15.5. The van der Waals surface area contributed by atoms with E-state index in [1.807, 2.05) is 19.9 Å². The van der Waals surface area contributed by atoms with Gasteiger partial charge in [-0.05, 0) is 54.4 Å². The van der Waals surface area contributed by atoms with Crippen LogP contribution in [0.2, 0.25) is 0 Å². The number of hydrogen-bond acceptors (Lipinski definition) is 2.